The molecule has 2 fully saturated rings. The first-order valence-electron chi connectivity index (χ1n) is 9.78. The number of phenolic OH excluding ortho intramolecular Hbond substituents is 1. The molecule has 2 aliphatic heterocycles. The number of benzene rings is 1. The van der Waals surface area contributed by atoms with Crippen LogP contribution in [0, 0.1) is 11.8 Å². The molecule has 0 spiro atoms. The summed E-state index contributed by atoms with van der Waals surface area (Å²) < 4.78 is 0. The van der Waals surface area contributed by atoms with Gasteiger partial charge in [0.1, 0.15) is 5.75 Å². The number of anilines is 1. The number of carbonyl (C=O) groups is 3. The maximum Gasteiger partial charge on any atom is 0.245 e. The lowest BCUT2D eigenvalue weighted by atomic mass is 9.91. The van der Waals surface area contributed by atoms with Gasteiger partial charge >= 0.3 is 0 Å². The molecule has 2 aliphatic rings. The van der Waals surface area contributed by atoms with E-state index in [-0.39, 0.29) is 35.3 Å². The highest BCUT2D eigenvalue weighted by Gasteiger charge is 2.33. The summed E-state index contributed by atoms with van der Waals surface area (Å²) in [4.78, 5) is 40.5. The maximum absolute atomic E-state index is 12.8. The van der Waals surface area contributed by atoms with E-state index in [1.165, 1.54) is 12.1 Å². The maximum atomic E-state index is 12.8. The first kappa shape index (κ1) is 19.9. The van der Waals surface area contributed by atoms with E-state index < -0.39 is 0 Å². The van der Waals surface area contributed by atoms with Crippen LogP contribution in [-0.2, 0) is 14.4 Å². The van der Waals surface area contributed by atoms with Gasteiger partial charge in [0.25, 0.3) is 0 Å². The number of phenols is 1. The summed E-state index contributed by atoms with van der Waals surface area (Å²) in [5.41, 5.74) is 0.409. The number of hydrogen-bond donors (Lipinski definition) is 2. The minimum atomic E-state index is -0.171. The summed E-state index contributed by atoms with van der Waals surface area (Å²) in [5.74, 6) is -0.252. The number of nitrogens with zero attached hydrogens (tertiary/aromatic N) is 2. The summed E-state index contributed by atoms with van der Waals surface area (Å²) in [5, 5.41) is 12.6. The molecule has 0 radical (unpaired) electrons. The van der Waals surface area contributed by atoms with Crippen molar-refractivity contribution in [3.05, 3.63) is 36.9 Å². The Morgan fingerprint density at radius 1 is 0.964 bits per heavy atom. The zero-order chi connectivity index (χ0) is 20.1. The summed E-state index contributed by atoms with van der Waals surface area (Å²) in [7, 11) is 0. The summed E-state index contributed by atoms with van der Waals surface area (Å²) in [6.07, 6.45) is 3.88. The summed E-state index contributed by atoms with van der Waals surface area (Å²) in [6, 6.07) is 6.65. The lowest BCUT2D eigenvalue weighted by Crippen LogP contribution is -2.47. The van der Waals surface area contributed by atoms with Crippen LogP contribution < -0.4 is 5.32 Å². The molecule has 0 aliphatic carbocycles. The van der Waals surface area contributed by atoms with Crippen molar-refractivity contribution in [2.45, 2.75) is 25.7 Å². The van der Waals surface area contributed by atoms with E-state index in [4.69, 9.17) is 0 Å². The molecule has 0 saturated carbocycles. The number of carbonyl (C=O) groups excluding carboxylic acids is 3. The third-order valence-corrected chi connectivity index (χ3v) is 5.67. The third-order valence-electron chi connectivity index (χ3n) is 5.67. The van der Waals surface area contributed by atoms with Crippen molar-refractivity contribution in [3.63, 3.8) is 0 Å². The first-order chi connectivity index (χ1) is 13.5. The molecular formula is C21H27N3O4. The smallest absolute Gasteiger partial charge is 0.245 e. The Labute approximate surface area is 165 Å². The molecule has 7 nitrogen and oxygen atoms in total. The normalized spacial score (nSPS) is 18.6. The number of aromatic hydroxyl groups is 1. The van der Waals surface area contributed by atoms with Crippen LogP contribution >= 0.6 is 0 Å². The summed E-state index contributed by atoms with van der Waals surface area (Å²) in [6.45, 7) is 5.79. The molecule has 2 N–H and O–H groups in total. The number of para-hydroxylation sites is 2. The van der Waals surface area contributed by atoms with Crippen molar-refractivity contribution >= 4 is 23.4 Å². The number of amides is 3. The lowest BCUT2D eigenvalue weighted by molar-refractivity contribution is -0.141. The van der Waals surface area contributed by atoms with Gasteiger partial charge in [-0.15, -0.1) is 0 Å². The molecular weight excluding hydrogens is 358 g/mol. The highest BCUT2D eigenvalue weighted by molar-refractivity contribution is 5.94. The number of hydrogen-bond acceptors (Lipinski definition) is 4. The van der Waals surface area contributed by atoms with Crippen molar-refractivity contribution in [3.8, 4) is 5.75 Å². The quantitative estimate of drug-likeness (QED) is 0.613. The van der Waals surface area contributed by atoms with Gasteiger partial charge in [-0.25, -0.2) is 0 Å². The van der Waals surface area contributed by atoms with Crippen LogP contribution in [0.5, 0.6) is 5.75 Å². The van der Waals surface area contributed by atoms with Crippen LogP contribution in [0.15, 0.2) is 36.9 Å². The molecule has 150 valence electrons. The van der Waals surface area contributed by atoms with Crippen LogP contribution in [-0.4, -0.2) is 58.8 Å². The van der Waals surface area contributed by atoms with Crippen LogP contribution in [0.4, 0.5) is 5.69 Å². The van der Waals surface area contributed by atoms with E-state index in [0.717, 1.165) is 0 Å². The van der Waals surface area contributed by atoms with Gasteiger partial charge in [-0.2, -0.15) is 0 Å². The highest BCUT2D eigenvalue weighted by atomic mass is 16.3. The van der Waals surface area contributed by atoms with Crippen LogP contribution in [0.3, 0.4) is 0 Å². The Kier molecular flexibility index (Phi) is 6.34. The molecule has 0 aromatic heterocycles. The van der Waals surface area contributed by atoms with Crippen molar-refractivity contribution in [2.75, 3.05) is 31.5 Å². The van der Waals surface area contributed by atoms with E-state index in [1.807, 2.05) is 4.90 Å². The van der Waals surface area contributed by atoms with E-state index in [1.54, 1.807) is 23.1 Å². The second-order valence-corrected chi connectivity index (χ2v) is 7.41. The molecule has 2 saturated heterocycles. The zero-order valence-corrected chi connectivity index (χ0v) is 16.0. The average Bonchev–Trinajstić information content (AvgIpc) is 2.74. The van der Waals surface area contributed by atoms with Gasteiger partial charge in [-0.05, 0) is 43.9 Å². The Balaban J connectivity index is 1.46. The topological polar surface area (TPSA) is 90.0 Å². The first-order valence-corrected chi connectivity index (χ1v) is 9.78. The second kappa shape index (κ2) is 8.91. The Morgan fingerprint density at radius 2 is 1.54 bits per heavy atom. The van der Waals surface area contributed by atoms with Crippen molar-refractivity contribution in [1.82, 2.24) is 9.80 Å². The Morgan fingerprint density at radius 3 is 2.14 bits per heavy atom. The fraction of sp³-hybridized carbons (Fsp3) is 0.476. The van der Waals surface area contributed by atoms with E-state index in [2.05, 4.69) is 11.9 Å². The third kappa shape index (κ3) is 4.52. The van der Waals surface area contributed by atoms with Crippen LogP contribution in [0.1, 0.15) is 25.7 Å². The molecule has 3 rings (SSSR count). The Bertz CT molecular complexity index is 748. The van der Waals surface area contributed by atoms with E-state index >= 15 is 0 Å². The molecule has 2 heterocycles. The number of nitrogens with one attached hydrogen (secondary N) is 1. The van der Waals surface area contributed by atoms with Gasteiger partial charge in [0.2, 0.25) is 17.7 Å². The van der Waals surface area contributed by atoms with Crippen molar-refractivity contribution in [1.29, 1.82) is 0 Å². The van der Waals surface area contributed by atoms with Gasteiger partial charge < -0.3 is 20.2 Å². The zero-order valence-electron chi connectivity index (χ0n) is 16.0. The molecule has 3 amide bonds. The Hall–Kier alpha value is -2.83. The SMILES string of the molecule is C=CC(=O)N1CCC(C(=O)N2CCC(C(=O)Nc3ccccc3O)CC2)CC1. The van der Waals surface area contributed by atoms with Gasteiger partial charge in [-0.3, -0.25) is 14.4 Å². The highest BCUT2D eigenvalue weighted by Crippen LogP contribution is 2.27. The molecule has 0 atom stereocenters. The fourth-order valence-corrected chi connectivity index (χ4v) is 3.91. The predicted molar refractivity (Wildman–Crippen MR) is 106 cm³/mol. The standard InChI is InChI=1S/C21H27N3O4/c1-2-19(26)23-11-9-16(10-12-23)21(28)24-13-7-15(8-14-24)20(27)22-17-5-3-4-6-18(17)25/h2-6,15-16,25H,1,7-14H2,(H,22,27). The summed E-state index contributed by atoms with van der Waals surface area (Å²) >= 11 is 0. The molecule has 1 aromatic rings. The molecule has 7 heteroatoms. The van der Waals surface area contributed by atoms with Crippen molar-refractivity contribution in [2.24, 2.45) is 11.8 Å². The average molecular weight is 385 g/mol. The number of likely N-dealkylation sites (tertiary alicyclic amines) is 2. The second-order valence-electron chi connectivity index (χ2n) is 7.41. The van der Waals surface area contributed by atoms with Crippen LogP contribution in [0.25, 0.3) is 0 Å². The number of piperidine rings is 2. The van der Waals surface area contributed by atoms with E-state index in [0.29, 0.717) is 57.5 Å². The van der Waals surface area contributed by atoms with Crippen LogP contribution in [0.2, 0.25) is 0 Å². The fourth-order valence-electron chi connectivity index (χ4n) is 3.91. The van der Waals surface area contributed by atoms with Gasteiger partial charge in [0.15, 0.2) is 0 Å². The number of rotatable bonds is 4. The van der Waals surface area contributed by atoms with Gasteiger partial charge in [0.05, 0.1) is 5.69 Å². The van der Waals surface area contributed by atoms with Crippen molar-refractivity contribution < 1.29 is 19.5 Å². The van der Waals surface area contributed by atoms with Gasteiger partial charge in [0, 0.05) is 38.0 Å². The predicted octanol–water partition coefficient (Wildman–Crippen LogP) is 1.99. The minimum absolute atomic E-state index is 0.0461. The molecule has 0 bridgehead atoms. The molecule has 1 aromatic carbocycles. The minimum Gasteiger partial charge on any atom is -0.506 e. The van der Waals surface area contributed by atoms with Gasteiger partial charge in [-0.1, -0.05) is 18.7 Å². The lowest BCUT2D eigenvalue weighted by Gasteiger charge is -2.36. The monoisotopic (exact) mass is 385 g/mol. The molecule has 28 heavy (non-hydrogen) atoms. The van der Waals surface area contributed by atoms with E-state index in [9.17, 15) is 19.5 Å². The largest absolute Gasteiger partial charge is 0.506 e. The molecule has 0 unspecified atom stereocenters.